The normalized spacial score (nSPS) is 30.5. The Morgan fingerprint density at radius 3 is 2.32 bits per heavy atom. The molecule has 184 valence electrons. The highest BCUT2D eigenvalue weighted by Crippen LogP contribution is 2.29. The van der Waals surface area contributed by atoms with Crippen LogP contribution in [0.3, 0.4) is 0 Å². The number of methoxy groups -OCH3 is 1. The fourth-order valence-corrected chi connectivity index (χ4v) is 3.69. The molecule has 11 heteroatoms. The largest absolute Gasteiger partial charge is 0.394 e. The number of carbonyl (C=O) groups is 1. The Bertz CT molecular complexity index is 478. The molecule has 0 saturated carbocycles. The van der Waals surface area contributed by atoms with Crippen LogP contribution in [0.2, 0.25) is 0 Å². The van der Waals surface area contributed by atoms with Crippen LogP contribution in [-0.4, -0.2) is 121 Å². The van der Waals surface area contributed by atoms with Crippen molar-refractivity contribution in [2.24, 2.45) is 11.8 Å². The Morgan fingerprint density at radius 1 is 1.10 bits per heavy atom. The van der Waals surface area contributed by atoms with Gasteiger partial charge in [-0.2, -0.15) is 0 Å². The van der Waals surface area contributed by atoms with Crippen LogP contribution < -0.4 is 0 Å². The number of carbonyl (C=O) groups excluding carboxylic acids is 1. The number of hydrogen-bond donors (Lipinski definition) is 5. The summed E-state index contributed by atoms with van der Waals surface area (Å²) in [6.07, 6.45) is -6.08. The van der Waals surface area contributed by atoms with Crippen LogP contribution in [0.15, 0.2) is 0 Å². The van der Waals surface area contributed by atoms with Crippen LogP contribution in [0, 0.1) is 11.8 Å². The standard InChI is InChI=1S/C20H38O11/c1-4-13-15(7-22)31-17(19(25)18(13)24)11-28-10-14(20(26)29-5-2)16(8-23)30-12(6-21)9-27-3/h6,12-20,22-26H,4-5,7-11H2,1-3H3/t12-,13-,14-,15?,16?,17-,18-,19?,20?/m0/s1. The molecular weight excluding hydrogens is 416 g/mol. The van der Waals surface area contributed by atoms with Crippen molar-refractivity contribution < 1.29 is 54.0 Å². The van der Waals surface area contributed by atoms with Gasteiger partial charge in [0.1, 0.15) is 18.3 Å². The van der Waals surface area contributed by atoms with E-state index < -0.39 is 61.4 Å². The van der Waals surface area contributed by atoms with Crippen molar-refractivity contribution in [2.45, 2.75) is 63.2 Å². The minimum absolute atomic E-state index is 0.0283. The molecule has 0 amide bonds. The maximum absolute atomic E-state index is 11.2. The van der Waals surface area contributed by atoms with Crippen molar-refractivity contribution in [3.05, 3.63) is 0 Å². The average Bonchev–Trinajstić information content (AvgIpc) is 2.77. The third kappa shape index (κ3) is 8.28. The molecule has 0 aromatic rings. The van der Waals surface area contributed by atoms with E-state index in [1.807, 2.05) is 6.92 Å². The number of rotatable bonds is 16. The molecule has 31 heavy (non-hydrogen) atoms. The molecule has 9 atom stereocenters. The van der Waals surface area contributed by atoms with Gasteiger partial charge in [-0.15, -0.1) is 0 Å². The molecule has 11 nitrogen and oxygen atoms in total. The maximum atomic E-state index is 11.2. The lowest BCUT2D eigenvalue weighted by atomic mass is 9.85. The van der Waals surface area contributed by atoms with Gasteiger partial charge in [0.25, 0.3) is 0 Å². The Balaban J connectivity index is 2.78. The molecule has 1 aliphatic heterocycles. The van der Waals surface area contributed by atoms with Gasteiger partial charge in [-0.3, -0.25) is 0 Å². The van der Waals surface area contributed by atoms with E-state index >= 15 is 0 Å². The van der Waals surface area contributed by atoms with E-state index in [0.717, 1.165) is 0 Å². The van der Waals surface area contributed by atoms with E-state index in [2.05, 4.69) is 0 Å². The van der Waals surface area contributed by atoms with Gasteiger partial charge in [-0.1, -0.05) is 6.92 Å². The third-order valence-electron chi connectivity index (χ3n) is 5.43. The van der Waals surface area contributed by atoms with Crippen molar-refractivity contribution in [1.29, 1.82) is 0 Å². The highest BCUT2D eigenvalue weighted by molar-refractivity contribution is 5.56. The molecule has 1 aliphatic rings. The van der Waals surface area contributed by atoms with Crippen molar-refractivity contribution in [3.63, 3.8) is 0 Å². The van der Waals surface area contributed by atoms with Crippen LogP contribution in [0.4, 0.5) is 0 Å². The number of aldehydes is 1. The van der Waals surface area contributed by atoms with E-state index in [4.69, 9.17) is 23.7 Å². The van der Waals surface area contributed by atoms with Crippen molar-refractivity contribution in [3.8, 4) is 0 Å². The predicted octanol–water partition coefficient (Wildman–Crippen LogP) is -1.93. The van der Waals surface area contributed by atoms with Crippen molar-refractivity contribution in [2.75, 3.05) is 46.8 Å². The molecule has 0 radical (unpaired) electrons. The Kier molecular flexibility index (Phi) is 13.8. The summed E-state index contributed by atoms with van der Waals surface area (Å²) in [5.41, 5.74) is 0. The lowest BCUT2D eigenvalue weighted by Crippen LogP contribution is -2.56. The fraction of sp³-hybridized carbons (Fsp3) is 0.950. The topological polar surface area (TPSA) is 164 Å². The quantitative estimate of drug-likeness (QED) is 0.130. The fourth-order valence-electron chi connectivity index (χ4n) is 3.69. The monoisotopic (exact) mass is 454 g/mol. The van der Waals surface area contributed by atoms with Crippen molar-refractivity contribution >= 4 is 6.29 Å². The van der Waals surface area contributed by atoms with Gasteiger partial charge in [0.15, 0.2) is 12.6 Å². The number of aliphatic hydroxyl groups excluding tert-OH is 5. The van der Waals surface area contributed by atoms with Gasteiger partial charge in [0.2, 0.25) is 0 Å². The summed E-state index contributed by atoms with van der Waals surface area (Å²) in [5, 5.41) is 50.3. The summed E-state index contributed by atoms with van der Waals surface area (Å²) in [6.45, 7) is 2.55. The van der Waals surface area contributed by atoms with Gasteiger partial charge >= 0.3 is 0 Å². The molecule has 0 spiro atoms. The van der Waals surface area contributed by atoms with E-state index in [0.29, 0.717) is 12.7 Å². The molecule has 1 fully saturated rings. The highest BCUT2D eigenvalue weighted by Gasteiger charge is 2.43. The minimum Gasteiger partial charge on any atom is -0.394 e. The van der Waals surface area contributed by atoms with Gasteiger partial charge in [0, 0.05) is 19.6 Å². The predicted molar refractivity (Wildman–Crippen MR) is 107 cm³/mol. The van der Waals surface area contributed by atoms with E-state index in [9.17, 15) is 30.3 Å². The first kappa shape index (κ1) is 28.3. The molecule has 1 rings (SSSR count). The lowest BCUT2D eigenvalue weighted by molar-refractivity contribution is -0.229. The number of hydrogen-bond acceptors (Lipinski definition) is 11. The lowest BCUT2D eigenvalue weighted by Gasteiger charge is -2.42. The molecule has 1 saturated heterocycles. The van der Waals surface area contributed by atoms with Crippen LogP contribution in [-0.2, 0) is 28.5 Å². The zero-order valence-electron chi connectivity index (χ0n) is 18.4. The van der Waals surface area contributed by atoms with Gasteiger partial charge in [0.05, 0.1) is 57.3 Å². The zero-order chi connectivity index (χ0) is 23.4. The molecule has 1 heterocycles. The molecule has 4 unspecified atom stereocenters. The molecular formula is C20H38O11. The summed E-state index contributed by atoms with van der Waals surface area (Å²) in [5.74, 6) is -1.27. The first-order valence-electron chi connectivity index (χ1n) is 10.6. The van der Waals surface area contributed by atoms with Crippen LogP contribution >= 0.6 is 0 Å². The summed E-state index contributed by atoms with van der Waals surface area (Å²) in [4.78, 5) is 11.2. The van der Waals surface area contributed by atoms with E-state index in [1.165, 1.54) is 7.11 Å². The molecule has 0 aliphatic carbocycles. The highest BCUT2D eigenvalue weighted by atomic mass is 16.6. The SMILES string of the molecule is CCOC(O)[C@@H](COC[C@@H]1OC(CO)[C@H](CC)[C@H](O)C1O)C(CO)O[C@@H](C=O)COC. The molecule has 0 aromatic heterocycles. The summed E-state index contributed by atoms with van der Waals surface area (Å²) in [7, 11) is 1.40. The maximum Gasteiger partial charge on any atom is 0.162 e. The Hall–Kier alpha value is -0.730. The smallest absolute Gasteiger partial charge is 0.162 e. The Morgan fingerprint density at radius 2 is 1.81 bits per heavy atom. The van der Waals surface area contributed by atoms with Crippen molar-refractivity contribution in [1.82, 2.24) is 0 Å². The van der Waals surface area contributed by atoms with E-state index in [-0.39, 0.29) is 33.0 Å². The first-order chi connectivity index (χ1) is 14.9. The van der Waals surface area contributed by atoms with Gasteiger partial charge < -0.3 is 54.0 Å². The van der Waals surface area contributed by atoms with Gasteiger partial charge in [-0.05, 0) is 13.3 Å². The summed E-state index contributed by atoms with van der Waals surface area (Å²) >= 11 is 0. The van der Waals surface area contributed by atoms with E-state index in [1.54, 1.807) is 6.92 Å². The third-order valence-corrected chi connectivity index (χ3v) is 5.43. The van der Waals surface area contributed by atoms with Crippen LogP contribution in [0.25, 0.3) is 0 Å². The Labute approximate surface area is 182 Å². The molecule has 5 N–H and O–H groups in total. The molecule has 0 bridgehead atoms. The number of aliphatic hydroxyl groups is 5. The summed E-state index contributed by atoms with van der Waals surface area (Å²) < 4.78 is 27.0. The van der Waals surface area contributed by atoms with Crippen LogP contribution in [0.1, 0.15) is 20.3 Å². The van der Waals surface area contributed by atoms with Crippen LogP contribution in [0.5, 0.6) is 0 Å². The minimum atomic E-state index is -1.35. The second kappa shape index (κ2) is 15.2. The zero-order valence-corrected chi connectivity index (χ0v) is 18.4. The first-order valence-corrected chi connectivity index (χ1v) is 10.6. The molecule has 0 aromatic carbocycles. The average molecular weight is 455 g/mol. The summed E-state index contributed by atoms with van der Waals surface area (Å²) in [6, 6.07) is 0. The van der Waals surface area contributed by atoms with Gasteiger partial charge in [-0.25, -0.2) is 0 Å². The second-order valence-electron chi connectivity index (χ2n) is 7.48. The second-order valence-corrected chi connectivity index (χ2v) is 7.48. The number of ether oxygens (including phenoxy) is 5.